The van der Waals surface area contributed by atoms with Crippen LogP contribution in [0.15, 0.2) is 97.5 Å². The van der Waals surface area contributed by atoms with Crippen LogP contribution < -0.4 is 5.32 Å². The van der Waals surface area contributed by atoms with Gasteiger partial charge in [0.05, 0.1) is 11.7 Å². The molecule has 3 heterocycles. The molecule has 1 atom stereocenters. The van der Waals surface area contributed by atoms with Gasteiger partial charge in [-0.05, 0) is 55.0 Å². The van der Waals surface area contributed by atoms with Crippen LogP contribution in [0.25, 0.3) is 28.6 Å². The van der Waals surface area contributed by atoms with Crippen molar-refractivity contribution in [2.75, 3.05) is 5.32 Å². The molecule has 0 aliphatic heterocycles. The van der Waals surface area contributed by atoms with Gasteiger partial charge in [-0.25, -0.2) is 14.4 Å². The zero-order valence-electron chi connectivity index (χ0n) is 17.9. The van der Waals surface area contributed by atoms with Crippen LogP contribution in [0.4, 0.5) is 10.3 Å². The van der Waals surface area contributed by atoms with Gasteiger partial charge in [-0.1, -0.05) is 36.4 Å². The van der Waals surface area contributed by atoms with E-state index in [0.717, 1.165) is 16.8 Å². The first-order valence-corrected chi connectivity index (χ1v) is 10.6. The summed E-state index contributed by atoms with van der Waals surface area (Å²) in [4.78, 5) is 18.3. The number of hydrogen-bond acceptors (Lipinski definition) is 5. The maximum Gasteiger partial charge on any atom is 0.225 e. The molecule has 5 aromatic rings. The fraction of sp³-hybridized carbons (Fsp3) is 0.0769. The zero-order valence-corrected chi connectivity index (χ0v) is 17.9. The molecule has 0 saturated heterocycles. The number of halogens is 1. The van der Waals surface area contributed by atoms with Gasteiger partial charge in [0.2, 0.25) is 5.95 Å². The topological polar surface area (TPSA) is 68.5 Å². The average molecular weight is 436 g/mol. The van der Waals surface area contributed by atoms with Crippen molar-refractivity contribution in [3.05, 3.63) is 109 Å². The van der Waals surface area contributed by atoms with Gasteiger partial charge < -0.3 is 5.32 Å². The monoisotopic (exact) mass is 436 g/mol. The quantitative estimate of drug-likeness (QED) is 0.370. The standard InChI is InChI=1S/C26H21FN6/c1-18(19-7-3-2-4-8-19)30-26-29-16-14-24(32-26)33-17-23(22-9-5-6-15-28-22)31-25(33)20-10-12-21(27)13-11-20/h2-18H,1H3,(H,29,30,32). The normalized spacial score (nSPS) is 11.8. The molecule has 6 nitrogen and oxygen atoms in total. The van der Waals surface area contributed by atoms with Crippen molar-refractivity contribution in [1.82, 2.24) is 24.5 Å². The highest BCUT2D eigenvalue weighted by atomic mass is 19.1. The van der Waals surface area contributed by atoms with Crippen LogP contribution in [0.3, 0.4) is 0 Å². The van der Waals surface area contributed by atoms with Crippen molar-refractivity contribution in [3.8, 4) is 28.6 Å². The number of anilines is 1. The van der Waals surface area contributed by atoms with Crippen LogP contribution in [0.1, 0.15) is 18.5 Å². The third-order valence-electron chi connectivity index (χ3n) is 5.27. The zero-order chi connectivity index (χ0) is 22.6. The van der Waals surface area contributed by atoms with E-state index in [4.69, 9.17) is 9.97 Å². The van der Waals surface area contributed by atoms with E-state index in [1.165, 1.54) is 12.1 Å². The summed E-state index contributed by atoms with van der Waals surface area (Å²) in [6.45, 7) is 2.06. The van der Waals surface area contributed by atoms with Gasteiger partial charge >= 0.3 is 0 Å². The first-order valence-electron chi connectivity index (χ1n) is 10.6. The molecule has 0 amide bonds. The predicted molar refractivity (Wildman–Crippen MR) is 126 cm³/mol. The lowest BCUT2D eigenvalue weighted by molar-refractivity contribution is 0.628. The number of imidazole rings is 1. The highest BCUT2D eigenvalue weighted by Gasteiger charge is 2.16. The van der Waals surface area contributed by atoms with E-state index < -0.39 is 0 Å². The van der Waals surface area contributed by atoms with E-state index in [-0.39, 0.29) is 11.9 Å². The Morgan fingerprint density at radius 2 is 1.58 bits per heavy atom. The van der Waals surface area contributed by atoms with Crippen LogP contribution in [-0.2, 0) is 0 Å². The lowest BCUT2D eigenvalue weighted by atomic mass is 10.1. The van der Waals surface area contributed by atoms with Crippen LogP contribution in [0.5, 0.6) is 0 Å². The number of pyridine rings is 1. The Morgan fingerprint density at radius 3 is 2.33 bits per heavy atom. The largest absolute Gasteiger partial charge is 0.348 e. The first-order chi connectivity index (χ1) is 16.2. The van der Waals surface area contributed by atoms with Crippen molar-refractivity contribution in [1.29, 1.82) is 0 Å². The molecule has 0 spiro atoms. The third-order valence-corrected chi connectivity index (χ3v) is 5.27. The molecule has 0 saturated carbocycles. The lowest BCUT2D eigenvalue weighted by Gasteiger charge is -2.15. The molecule has 0 aliphatic rings. The molecule has 2 aromatic carbocycles. The summed E-state index contributed by atoms with van der Waals surface area (Å²) in [5, 5.41) is 3.36. The summed E-state index contributed by atoms with van der Waals surface area (Å²) >= 11 is 0. The Labute approximate surface area is 190 Å². The first kappa shape index (κ1) is 20.5. The maximum absolute atomic E-state index is 13.5. The molecule has 33 heavy (non-hydrogen) atoms. The van der Waals surface area contributed by atoms with Gasteiger partial charge in [0.1, 0.15) is 23.2 Å². The lowest BCUT2D eigenvalue weighted by Crippen LogP contribution is -2.10. The molecule has 7 heteroatoms. The number of hydrogen-bond donors (Lipinski definition) is 1. The Morgan fingerprint density at radius 1 is 0.788 bits per heavy atom. The van der Waals surface area contributed by atoms with E-state index in [0.29, 0.717) is 23.3 Å². The summed E-state index contributed by atoms with van der Waals surface area (Å²) in [7, 11) is 0. The van der Waals surface area contributed by atoms with Gasteiger partial charge in [-0.3, -0.25) is 9.55 Å². The van der Waals surface area contributed by atoms with Crippen LogP contribution in [0.2, 0.25) is 0 Å². The Bertz CT molecular complexity index is 1350. The number of benzene rings is 2. The fourth-order valence-corrected chi connectivity index (χ4v) is 3.57. The Balaban J connectivity index is 1.55. The second-order valence-electron chi connectivity index (χ2n) is 7.56. The van der Waals surface area contributed by atoms with Crippen molar-refractivity contribution in [2.45, 2.75) is 13.0 Å². The second kappa shape index (κ2) is 9.00. The van der Waals surface area contributed by atoms with Gasteiger partial charge in [0.15, 0.2) is 0 Å². The van der Waals surface area contributed by atoms with Crippen molar-refractivity contribution in [3.63, 3.8) is 0 Å². The third kappa shape index (κ3) is 4.48. The minimum Gasteiger partial charge on any atom is -0.348 e. The van der Waals surface area contributed by atoms with Crippen molar-refractivity contribution >= 4 is 5.95 Å². The molecule has 0 aliphatic carbocycles. The number of nitrogens with zero attached hydrogens (tertiary/aromatic N) is 5. The SMILES string of the molecule is CC(Nc1nccc(-n2cc(-c3ccccn3)nc2-c2ccc(F)cc2)n1)c1ccccc1. The predicted octanol–water partition coefficient (Wildman–Crippen LogP) is 5.70. The molecular weight excluding hydrogens is 415 g/mol. The molecular formula is C26H21FN6. The summed E-state index contributed by atoms with van der Waals surface area (Å²) in [5.74, 6) is 1.48. The van der Waals surface area contributed by atoms with E-state index in [2.05, 4.69) is 34.3 Å². The summed E-state index contributed by atoms with van der Waals surface area (Å²) in [6.07, 6.45) is 5.31. The molecule has 1 unspecified atom stereocenters. The van der Waals surface area contributed by atoms with E-state index >= 15 is 0 Å². The summed E-state index contributed by atoms with van der Waals surface area (Å²) in [5.41, 5.74) is 3.34. The van der Waals surface area contributed by atoms with E-state index in [1.54, 1.807) is 24.5 Å². The Hall–Kier alpha value is -4.39. The fourth-order valence-electron chi connectivity index (χ4n) is 3.57. The van der Waals surface area contributed by atoms with Gasteiger partial charge in [-0.15, -0.1) is 0 Å². The minimum atomic E-state index is -0.301. The highest BCUT2D eigenvalue weighted by molar-refractivity contribution is 5.65. The molecule has 0 bridgehead atoms. The van der Waals surface area contributed by atoms with Gasteiger partial charge in [0.25, 0.3) is 0 Å². The summed E-state index contributed by atoms with van der Waals surface area (Å²) < 4.78 is 15.4. The van der Waals surface area contributed by atoms with E-state index in [9.17, 15) is 4.39 Å². The van der Waals surface area contributed by atoms with Crippen molar-refractivity contribution in [2.24, 2.45) is 0 Å². The molecule has 0 radical (unpaired) electrons. The number of aromatic nitrogens is 5. The minimum absolute atomic E-state index is 0.0323. The molecule has 0 fully saturated rings. The van der Waals surface area contributed by atoms with Crippen molar-refractivity contribution < 1.29 is 4.39 Å². The molecule has 5 rings (SSSR count). The summed E-state index contributed by atoms with van der Waals surface area (Å²) in [6, 6.07) is 23.9. The second-order valence-corrected chi connectivity index (χ2v) is 7.56. The highest BCUT2D eigenvalue weighted by Crippen LogP contribution is 2.27. The molecule has 3 aromatic heterocycles. The average Bonchev–Trinajstić information content (AvgIpc) is 3.31. The van der Waals surface area contributed by atoms with Gasteiger partial charge in [0, 0.05) is 24.2 Å². The Kier molecular flexibility index (Phi) is 5.59. The van der Waals surface area contributed by atoms with Crippen LogP contribution >= 0.6 is 0 Å². The number of rotatable bonds is 6. The van der Waals surface area contributed by atoms with E-state index in [1.807, 2.05) is 53.2 Å². The van der Waals surface area contributed by atoms with Crippen LogP contribution in [0, 0.1) is 5.82 Å². The molecule has 162 valence electrons. The van der Waals surface area contributed by atoms with Crippen LogP contribution in [-0.4, -0.2) is 24.5 Å². The number of nitrogens with one attached hydrogen (secondary N) is 1. The molecule has 1 N–H and O–H groups in total. The smallest absolute Gasteiger partial charge is 0.225 e. The van der Waals surface area contributed by atoms with Gasteiger partial charge in [-0.2, -0.15) is 4.98 Å². The maximum atomic E-state index is 13.5.